The second kappa shape index (κ2) is 10.7. The van der Waals surface area contributed by atoms with Gasteiger partial charge in [0.2, 0.25) is 0 Å². The van der Waals surface area contributed by atoms with Gasteiger partial charge < -0.3 is 28.6 Å². The van der Waals surface area contributed by atoms with Crippen molar-refractivity contribution >= 4 is 30.9 Å². The first-order chi connectivity index (χ1) is 17.5. The topological polar surface area (TPSA) is 89.3 Å². The maximum absolute atomic E-state index is 12.9. The summed E-state index contributed by atoms with van der Waals surface area (Å²) >= 11 is 0. The second-order valence-electron chi connectivity index (χ2n) is 10.8. The molecular weight excluding hydrogens is 490 g/mol. The Morgan fingerprint density at radius 3 is 2.08 bits per heavy atom. The first kappa shape index (κ1) is 27.5. The fraction of sp³-hybridized carbons (Fsp3) is 0.500. The molecule has 0 saturated carbocycles. The van der Waals surface area contributed by atoms with Crippen molar-refractivity contribution in [3.63, 3.8) is 0 Å². The first-order valence-corrected chi connectivity index (χ1v) is 14.6. The van der Waals surface area contributed by atoms with E-state index in [2.05, 4.69) is 45.0 Å². The van der Waals surface area contributed by atoms with E-state index in [-0.39, 0.29) is 18.3 Å². The van der Waals surface area contributed by atoms with Crippen molar-refractivity contribution in [3.05, 3.63) is 65.9 Å². The van der Waals surface area contributed by atoms with Crippen LogP contribution >= 0.6 is 0 Å². The lowest BCUT2D eigenvalue weighted by atomic mass is 10.1. The molecule has 2 aliphatic rings. The molecule has 4 rings (SSSR count). The van der Waals surface area contributed by atoms with Crippen LogP contribution in [0.25, 0.3) is 0 Å². The van der Waals surface area contributed by atoms with E-state index in [1.54, 1.807) is 20.8 Å². The van der Waals surface area contributed by atoms with Gasteiger partial charge in [-0.25, -0.2) is 4.79 Å². The van der Waals surface area contributed by atoms with E-state index in [1.807, 2.05) is 36.4 Å². The standard InChI is InChI=1S/C28H37NO7Si/c1-7-32-23(30)18-29(31)26-25-24(35-28(5,6)36-25)22(34-26)19-33-37(27(2,3)4,20-14-10-8-11-15-20)21-16-12-9-13-17-21/h8-18,22,24-26H,7,19H2,1-6H3/b29-18+/t22-,24-,25-,26-/m1/s1. The molecule has 8 nitrogen and oxygen atoms in total. The monoisotopic (exact) mass is 527 g/mol. The predicted octanol–water partition coefficient (Wildman–Crippen LogP) is 2.95. The lowest BCUT2D eigenvalue weighted by Crippen LogP contribution is -2.67. The largest absolute Gasteiger partial charge is 0.622 e. The summed E-state index contributed by atoms with van der Waals surface area (Å²) in [5.41, 5.74) is 0. The maximum Gasteiger partial charge on any atom is 0.396 e. The normalized spacial score (nSPS) is 25.6. The SMILES string of the molecule is CCOC(=O)/C=[N+](/[O-])[C@@H]1O[C@H](CO[Si](c2ccccc2)(c2ccccc2)C(C)(C)C)[C@H]2OC(C)(C)O[C@H]21. The van der Waals surface area contributed by atoms with Crippen LogP contribution in [0.1, 0.15) is 41.5 Å². The maximum atomic E-state index is 12.9. The highest BCUT2D eigenvalue weighted by Gasteiger charge is 2.60. The number of esters is 1. The molecule has 0 radical (unpaired) electrons. The molecule has 2 aliphatic heterocycles. The van der Waals surface area contributed by atoms with Gasteiger partial charge in [0.15, 0.2) is 11.9 Å². The highest BCUT2D eigenvalue weighted by Crippen LogP contribution is 2.41. The predicted molar refractivity (Wildman–Crippen MR) is 142 cm³/mol. The number of carbonyl (C=O) groups excluding carboxylic acids is 1. The van der Waals surface area contributed by atoms with Crippen LogP contribution in [0.3, 0.4) is 0 Å². The molecule has 2 aromatic rings. The molecule has 9 heteroatoms. The van der Waals surface area contributed by atoms with Crippen LogP contribution in [0.4, 0.5) is 0 Å². The minimum absolute atomic E-state index is 0.169. The Morgan fingerprint density at radius 2 is 1.57 bits per heavy atom. The van der Waals surface area contributed by atoms with E-state index in [4.69, 9.17) is 23.4 Å². The summed E-state index contributed by atoms with van der Waals surface area (Å²) in [7, 11) is -2.83. The second-order valence-corrected chi connectivity index (χ2v) is 15.2. The Bertz CT molecular complexity index is 1060. The Morgan fingerprint density at radius 1 is 1.03 bits per heavy atom. The molecule has 0 bridgehead atoms. The Labute approximate surface area is 219 Å². The lowest BCUT2D eigenvalue weighted by molar-refractivity contribution is -0.561. The fourth-order valence-electron chi connectivity index (χ4n) is 5.32. The van der Waals surface area contributed by atoms with Crippen LogP contribution in [0.2, 0.25) is 5.04 Å². The van der Waals surface area contributed by atoms with Gasteiger partial charge in [-0.15, -0.1) is 0 Å². The fourth-order valence-corrected chi connectivity index (χ4v) is 9.89. The van der Waals surface area contributed by atoms with E-state index >= 15 is 0 Å². The van der Waals surface area contributed by atoms with Crippen LogP contribution in [0.5, 0.6) is 0 Å². The zero-order valence-corrected chi connectivity index (χ0v) is 23.4. The van der Waals surface area contributed by atoms with Crippen LogP contribution < -0.4 is 10.4 Å². The molecule has 0 aromatic heterocycles. The van der Waals surface area contributed by atoms with Crippen LogP contribution in [-0.4, -0.2) is 68.8 Å². The number of carbonyl (C=O) groups is 1. The number of fused-ring (bicyclic) bond motifs is 1. The summed E-state index contributed by atoms with van der Waals surface area (Å²) < 4.78 is 30.8. The number of hydroxylamine groups is 1. The molecule has 2 saturated heterocycles. The first-order valence-electron chi connectivity index (χ1n) is 12.7. The van der Waals surface area contributed by atoms with Gasteiger partial charge in [0.1, 0.15) is 12.2 Å². The molecule has 2 fully saturated rings. The Balaban J connectivity index is 1.68. The third kappa shape index (κ3) is 5.51. The third-order valence-electron chi connectivity index (χ3n) is 6.78. The zero-order valence-electron chi connectivity index (χ0n) is 22.4. The van der Waals surface area contributed by atoms with Gasteiger partial charge in [0.25, 0.3) is 20.8 Å². The van der Waals surface area contributed by atoms with Gasteiger partial charge in [0.05, 0.1) is 13.2 Å². The van der Waals surface area contributed by atoms with E-state index in [0.717, 1.165) is 16.6 Å². The van der Waals surface area contributed by atoms with Crippen LogP contribution in [-0.2, 0) is 28.2 Å². The van der Waals surface area contributed by atoms with Crippen molar-refractivity contribution in [3.8, 4) is 0 Å². The molecule has 200 valence electrons. The Hall–Kier alpha value is -2.56. The molecule has 0 amide bonds. The molecule has 2 aromatic carbocycles. The lowest BCUT2D eigenvalue weighted by Gasteiger charge is -2.43. The quantitative estimate of drug-likeness (QED) is 0.130. The number of nitrogens with zero attached hydrogens (tertiary/aromatic N) is 1. The van der Waals surface area contributed by atoms with Gasteiger partial charge in [-0.3, -0.25) is 0 Å². The van der Waals surface area contributed by atoms with Crippen molar-refractivity contribution in [2.24, 2.45) is 0 Å². The van der Waals surface area contributed by atoms with Crippen molar-refractivity contribution in [1.82, 2.24) is 0 Å². The summed E-state index contributed by atoms with van der Waals surface area (Å²) in [4.78, 5) is 11.9. The van der Waals surface area contributed by atoms with Gasteiger partial charge in [0, 0.05) is 0 Å². The number of hydrogen-bond donors (Lipinski definition) is 0. The van der Waals surface area contributed by atoms with E-state index in [9.17, 15) is 10.0 Å². The molecule has 0 aliphatic carbocycles. The molecule has 4 atom stereocenters. The molecular formula is C28H37NO7Si. The zero-order chi connectivity index (χ0) is 26.8. The number of rotatable bonds is 8. The van der Waals surface area contributed by atoms with Crippen molar-refractivity contribution in [1.29, 1.82) is 0 Å². The van der Waals surface area contributed by atoms with Gasteiger partial charge in [-0.1, -0.05) is 81.4 Å². The highest BCUT2D eigenvalue weighted by atomic mass is 28.4. The van der Waals surface area contributed by atoms with Crippen molar-refractivity contribution < 1.29 is 32.9 Å². The number of benzene rings is 2. The Kier molecular flexibility index (Phi) is 7.92. The summed E-state index contributed by atoms with van der Waals surface area (Å²) in [6, 6.07) is 20.6. The van der Waals surface area contributed by atoms with E-state index in [1.165, 1.54) is 0 Å². The molecule has 37 heavy (non-hydrogen) atoms. The summed E-state index contributed by atoms with van der Waals surface area (Å²) in [5.74, 6) is -1.64. The van der Waals surface area contributed by atoms with Gasteiger partial charge >= 0.3 is 5.97 Å². The summed E-state index contributed by atoms with van der Waals surface area (Å²) in [5, 5.41) is 15.0. The minimum atomic E-state index is -2.83. The van der Waals surface area contributed by atoms with Gasteiger partial charge in [-0.2, -0.15) is 4.74 Å². The van der Waals surface area contributed by atoms with Crippen molar-refractivity contribution in [2.45, 2.75) is 76.9 Å². The summed E-state index contributed by atoms with van der Waals surface area (Å²) in [6.45, 7) is 12.2. The molecule has 0 spiro atoms. The van der Waals surface area contributed by atoms with E-state index in [0.29, 0.717) is 4.74 Å². The van der Waals surface area contributed by atoms with Crippen LogP contribution in [0.15, 0.2) is 60.7 Å². The van der Waals surface area contributed by atoms with Crippen LogP contribution in [0, 0.1) is 5.21 Å². The molecule has 0 N–H and O–H groups in total. The van der Waals surface area contributed by atoms with Crippen molar-refractivity contribution in [2.75, 3.05) is 13.2 Å². The minimum Gasteiger partial charge on any atom is -0.622 e. The summed E-state index contributed by atoms with van der Waals surface area (Å²) in [6.07, 6.45) is -2.02. The average molecular weight is 528 g/mol. The highest BCUT2D eigenvalue weighted by molar-refractivity contribution is 6.99. The molecule has 2 heterocycles. The van der Waals surface area contributed by atoms with E-state index < -0.39 is 44.6 Å². The van der Waals surface area contributed by atoms with Gasteiger partial charge in [-0.05, 0) is 36.2 Å². The third-order valence-corrected chi connectivity index (χ3v) is 11.8. The number of ether oxygens (including phenoxy) is 4. The molecule has 0 unspecified atom stereocenters. The smallest absolute Gasteiger partial charge is 0.396 e. The average Bonchev–Trinajstić information content (AvgIpc) is 3.33. The number of hydrogen-bond acceptors (Lipinski definition) is 7.